The van der Waals surface area contributed by atoms with Crippen molar-refractivity contribution in [3.8, 4) is 0 Å². The van der Waals surface area contributed by atoms with Gasteiger partial charge in [0, 0.05) is 31.2 Å². The highest BCUT2D eigenvalue weighted by molar-refractivity contribution is 5.94. The van der Waals surface area contributed by atoms with Gasteiger partial charge < -0.3 is 9.69 Å². The molecule has 0 unspecified atom stereocenters. The number of carbonyl (C=O) groups is 2. The normalized spacial score (nSPS) is 15.4. The Morgan fingerprint density at radius 1 is 1.32 bits per heavy atom. The minimum absolute atomic E-state index is 0.0718. The second-order valence-electron chi connectivity index (χ2n) is 5.10. The lowest BCUT2D eigenvalue weighted by atomic mass is 10.1. The van der Waals surface area contributed by atoms with Crippen LogP contribution in [0, 0.1) is 0 Å². The Morgan fingerprint density at radius 2 is 2.11 bits per heavy atom. The fourth-order valence-corrected chi connectivity index (χ4v) is 2.38. The van der Waals surface area contributed by atoms with E-state index in [0.717, 1.165) is 37.0 Å². The molecule has 2 rings (SSSR count). The molecule has 0 bridgehead atoms. The SMILES string of the molecule is CC(C)N1CCN(c2cccc(CCC=O)c2)C1=O. The van der Waals surface area contributed by atoms with Gasteiger partial charge in [0.2, 0.25) is 0 Å². The van der Waals surface area contributed by atoms with E-state index in [9.17, 15) is 9.59 Å². The van der Waals surface area contributed by atoms with Crippen molar-refractivity contribution in [2.45, 2.75) is 32.7 Å². The summed E-state index contributed by atoms with van der Waals surface area (Å²) in [5.74, 6) is 0. The molecule has 1 aliphatic rings. The molecule has 0 aliphatic carbocycles. The van der Waals surface area contributed by atoms with E-state index in [1.54, 1.807) is 0 Å². The number of nitrogens with zero attached hydrogens (tertiary/aromatic N) is 2. The molecule has 1 fully saturated rings. The van der Waals surface area contributed by atoms with Gasteiger partial charge in [-0.25, -0.2) is 4.79 Å². The number of hydrogen-bond acceptors (Lipinski definition) is 2. The van der Waals surface area contributed by atoms with E-state index < -0.39 is 0 Å². The molecule has 4 heteroatoms. The highest BCUT2D eigenvalue weighted by atomic mass is 16.2. The Hall–Kier alpha value is -1.84. The van der Waals surface area contributed by atoms with Gasteiger partial charge in [0.25, 0.3) is 0 Å². The topological polar surface area (TPSA) is 40.6 Å². The molecule has 1 saturated heterocycles. The maximum absolute atomic E-state index is 12.3. The number of anilines is 1. The van der Waals surface area contributed by atoms with Crippen molar-refractivity contribution in [1.29, 1.82) is 0 Å². The number of benzene rings is 1. The van der Waals surface area contributed by atoms with Crippen LogP contribution >= 0.6 is 0 Å². The predicted octanol–water partition coefficient (Wildman–Crippen LogP) is 2.47. The minimum Gasteiger partial charge on any atom is -0.320 e. The quantitative estimate of drug-likeness (QED) is 0.763. The molecule has 0 N–H and O–H groups in total. The Bertz CT molecular complexity index is 471. The van der Waals surface area contributed by atoms with Crippen LogP contribution in [0.15, 0.2) is 24.3 Å². The van der Waals surface area contributed by atoms with Crippen LogP contribution in [-0.4, -0.2) is 36.3 Å². The van der Waals surface area contributed by atoms with Crippen molar-refractivity contribution in [2.75, 3.05) is 18.0 Å². The van der Waals surface area contributed by atoms with Crippen molar-refractivity contribution in [3.63, 3.8) is 0 Å². The van der Waals surface area contributed by atoms with E-state index in [1.807, 2.05) is 47.9 Å². The number of urea groups is 1. The van der Waals surface area contributed by atoms with Gasteiger partial charge in [-0.1, -0.05) is 12.1 Å². The lowest BCUT2D eigenvalue weighted by molar-refractivity contribution is -0.107. The molecule has 2 amide bonds. The molecule has 1 aromatic rings. The molecule has 0 spiro atoms. The Morgan fingerprint density at radius 3 is 2.74 bits per heavy atom. The summed E-state index contributed by atoms with van der Waals surface area (Å²) >= 11 is 0. The van der Waals surface area contributed by atoms with Crippen LogP contribution in [0.2, 0.25) is 0 Å². The van der Waals surface area contributed by atoms with Gasteiger partial charge in [0.15, 0.2) is 0 Å². The van der Waals surface area contributed by atoms with E-state index in [-0.39, 0.29) is 12.1 Å². The van der Waals surface area contributed by atoms with E-state index >= 15 is 0 Å². The number of rotatable bonds is 5. The van der Waals surface area contributed by atoms with E-state index in [4.69, 9.17) is 0 Å². The number of amides is 2. The van der Waals surface area contributed by atoms with Gasteiger partial charge >= 0.3 is 6.03 Å². The van der Waals surface area contributed by atoms with E-state index in [2.05, 4.69) is 0 Å². The predicted molar refractivity (Wildman–Crippen MR) is 75.4 cm³/mol. The molecular formula is C15H20N2O2. The monoisotopic (exact) mass is 260 g/mol. The van der Waals surface area contributed by atoms with Crippen molar-refractivity contribution in [1.82, 2.24) is 4.90 Å². The summed E-state index contributed by atoms with van der Waals surface area (Å²) in [6.45, 7) is 5.56. The zero-order chi connectivity index (χ0) is 13.8. The first-order valence-electron chi connectivity index (χ1n) is 6.74. The molecule has 0 saturated carbocycles. The molecule has 1 aromatic carbocycles. The van der Waals surface area contributed by atoms with Gasteiger partial charge in [0.1, 0.15) is 6.29 Å². The average Bonchev–Trinajstić information content (AvgIpc) is 2.78. The molecule has 1 aliphatic heterocycles. The summed E-state index contributed by atoms with van der Waals surface area (Å²) in [7, 11) is 0. The van der Waals surface area contributed by atoms with Crippen LogP contribution in [0.4, 0.5) is 10.5 Å². The van der Waals surface area contributed by atoms with E-state index in [0.29, 0.717) is 6.42 Å². The number of hydrogen-bond donors (Lipinski definition) is 0. The molecule has 0 radical (unpaired) electrons. The summed E-state index contributed by atoms with van der Waals surface area (Å²) in [5, 5.41) is 0. The second kappa shape index (κ2) is 5.87. The molecule has 19 heavy (non-hydrogen) atoms. The summed E-state index contributed by atoms with van der Waals surface area (Å²) in [5.41, 5.74) is 2.02. The third-order valence-electron chi connectivity index (χ3n) is 3.44. The third-order valence-corrected chi connectivity index (χ3v) is 3.44. The fourth-order valence-electron chi connectivity index (χ4n) is 2.38. The summed E-state index contributed by atoms with van der Waals surface area (Å²) in [6.07, 6.45) is 2.18. The summed E-state index contributed by atoms with van der Waals surface area (Å²) < 4.78 is 0. The highest BCUT2D eigenvalue weighted by Gasteiger charge is 2.30. The van der Waals surface area contributed by atoms with Crippen molar-refractivity contribution < 1.29 is 9.59 Å². The summed E-state index contributed by atoms with van der Waals surface area (Å²) in [6, 6.07) is 8.20. The van der Waals surface area contributed by atoms with Crippen LogP contribution in [-0.2, 0) is 11.2 Å². The first-order chi connectivity index (χ1) is 9.13. The van der Waals surface area contributed by atoms with Crippen LogP contribution in [0.1, 0.15) is 25.8 Å². The number of aldehydes is 1. The first-order valence-corrected chi connectivity index (χ1v) is 6.74. The average molecular weight is 260 g/mol. The Kier molecular flexibility index (Phi) is 4.20. The zero-order valence-electron chi connectivity index (χ0n) is 11.5. The van der Waals surface area contributed by atoms with Crippen LogP contribution in [0.5, 0.6) is 0 Å². The van der Waals surface area contributed by atoms with Crippen molar-refractivity contribution in [3.05, 3.63) is 29.8 Å². The van der Waals surface area contributed by atoms with Gasteiger partial charge in [-0.3, -0.25) is 4.90 Å². The molecule has 4 nitrogen and oxygen atoms in total. The zero-order valence-corrected chi connectivity index (χ0v) is 11.5. The molecule has 1 heterocycles. The van der Waals surface area contributed by atoms with Crippen LogP contribution in [0.25, 0.3) is 0 Å². The Balaban J connectivity index is 2.14. The molecular weight excluding hydrogens is 240 g/mol. The van der Waals surface area contributed by atoms with Gasteiger partial charge in [0.05, 0.1) is 0 Å². The minimum atomic E-state index is 0.0718. The maximum atomic E-state index is 12.3. The fraction of sp³-hybridized carbons (Fsp3) is 0.467. The van der Waals surface area contributed by atoms with Crippen molar-refractivity contribution in [2.24, 2.45) is 0 Å². The maximum Gasteiger partial charge on any atom is 0.324 e. The highest BCUT2D eigenvalue weighted by Crippen LogP contribution is 2.23. The lowest BCUT2D eigenvalue weighted by Gasteiger charge is -2.22. The van der Waals surface area contributed by atoms with Crippen LogP contribution in [0.3, 0.4) is 0 Å². The number of aryl methyl sites for hydroxylation is 1. The van der Waals surface area contributed by atoms with Gasteiger partial charge in [-0.15, -0.1) is 0 Å². The third kappa shape index (κ3) is 2.95. The van der Waals surface area contributed by atoms with Gasteiger partial charge in [-0.2, -0.15) is 0 Å². The second-order valence-corrected chi connectivity index (χ2v) is 5.10. The van der Waals surface area contributed by atoms with Crippen molar-refractivity contribution >= 4 is 18.0 Å². The van der Waals surface area contributed by atoms with Crippen LogP contribution < -0.4 is 4.90 Å². The Labute approximate surface area is 114 Å². The summed E-state index contributed by atoms with van der Waals surface area (Å²) in [4.78, 5) is 26.4. The largest absolute Gasteiger partial charge is 0.324 e. The molecule has 0 aromatic heterocycles. The molecule has 102 valence electrons. The lowest BCUT2D eigenvalue weighted by Crippen LogP contribution is -2.36. The number of carbonyl (C=O) groups excluding carboxylic acids is 2. The standard InChI is InChI=1S/C15H20N2O2/c1-12(2)16-8-9-17(15(16)19)14-7-3-5-13(11-14)6-4-10-18/h3,5,7,10-12H,4,6,8-9H2,1-2H3. The smallest absolute Gasteiger partial charge is 0.320 e. The van der Waals surface area contributed by atoms with E-state index in [1.165, 1.54) is 0 Å². The first kappa shape index (κ1) is 13.6. The molecule has 0 atom stereocenters. The van der Waals surface area contributed by atoms with Gasteiger partial charge in [-0.05, 0) is 38.0 Å².